The molecule has 2 aromatic heterocycles. The van der Waals surface area contributed by atoms with Crippen LogP contribution in [0.4, 0.5) is 5.95 Å². The lowest BCUT2D eigenvalue weighted by Gasteiger charge is -2.03. The van der Waals surface area contributed by atoms with Crippen LogP contribution < -0.4 is 5.32 Å². The summed E-state index contributed by atoms with van der Waals surface area (Å²) < 4.78 is 1.62. The topological polar surface area (TPSA) is 59.3 Å². The molecule has 2 heterocycles. The van der Waals surface area contributed by atoms with Crippen LogP contribution in [0.25, 0.3) is 16.2 Å². The highest BCUT2D eigenvalue weighted by molar-refractivity contribution is 7.15. The van der Waals surface area contributed by atoms with Gasteiger partial charge in [0.15, 0.2) is 0 Å². The van der Waals surface area contributed by atoms with Crippen LogP contribution >= 0.6 is 46.1 Å². The van der Waals surface area contributed by atoms with Crippen LogP contribution in [0, 0.1) is 0 Å². The number of carbonyl (C=O) groups excluding carboxylic acids is 1. The SMILES string of the molecule is CC(Cl)C(=O)Nc1nc2scc(-c3ccc(Cl)cc3Cl)n2n1. The van der Waals surface area contributed by atoms with Gasteiger partial charge in [-0.05, 0) is 25.1 Å². The Balaban J connectivity index is 2.01. The number of rotatable bonds is 3. The molecule has 3 aromatic rings. The molecule has 0 bridgehead atoms. The quantitative estimate of drug-likeness (QED) is 0.693. The van der Waals surface area contributed by atoms with Crippen molar-refractivity contribution in [1.82, 2.24) is 14.6 Å². The predicted molar refractivity (Wildman–Crippen MR) is 90.3 cm³/mol. The minimum Gasteiger partial charge on any atom is -0.292 e. The van der Waals surface area contributed by atoms with Gasteiger partial charge in [0.05, 0.1) is 10.7 Å². The summed E-state index contributed by atoms with van der Waals surface area (Å²) in [5, 5.41) is 9.13. The number of nitrogens with one attached hydrogen (secondary N) is 1. The first-order valence-electron chi connectivity index (χ1n) is 6.20. The Hall–Kier alpha value is -1.34. The van der Waals surface area contributed by atoms with E-state index in [0.29, 0.717) is 15.0 Å². The third kappa shape index (κ3) is 2.92. The van der Waals surface area contributed by atoms with E-state index in [1.807, 2.05) is 11.4 Å². The van der Waals surface area contributed by atoms with Gasteiger partial charge in [-0.3, -0.25) is 10.1 Å². The largest absolute Gasteiger partial charge is 0.292 e. The number of fused-ring (bicyclic) bond motifs is 1. The van der Waals surface area contributed by atoms with Gasteiger partial charge in [-0.2, -0.15) is 4.98 Å². The molecule has 9 heteroatoms. The molecule has 1 aromatic carbocycles. The molecule has 5 nitrogen and oxygen atoms in total. The van der Waals surface area contributed by atoms with Crippen molar-refractivity contribution in [2.45, 2.75) is 12.3 Å². The molecule has 0 aliphatic heterocycles. The van der Waals surface area contributed by atoms with Crippen molar-refractivity contribution in [3.63, 3.8) is 0 Å². The number of benzene rings is 1. The van der Waals surface area contributed by atoms with E-state index >= 15 is 0 Å². The molecule has 114 valence electrons. The summed E-state index contributed by atoms with van der Waals surface area (Å²) in [4.78, 5) is 16.5. The minimum atomic E-state index is -0.660. The normalized spacial score (nSPS) is 12.5. The molecule has 0 saturated heterocycles. The number of nitrogens with zero attached hydrogens (tertiary/aromatic N) is 3. The standard InChI is InChI=1S/C13H9Cl3N4OS/c1-6(14)11(21)17-12-18-13-20(19-12)10(5-22-13)8-3-2-7(15)4-9(8)16/h2-6H,1H3,(H,17,19,21). The van der Waals surface area contributed by atoms with E-state index in [1.54, 1.807) is 23.6 Å². The van der Waals surface area contributed by atoms with Crippen LogP contribution in [0.5, 0.6) is 0 Å². The van der Waals surface area contributed by atoms with Crippen molar-refractivity contribution in [3.05, 3.63) is 33.6 Å². The summed E-state index contributed by atoms with van der Waals surface area (Å²) in [6.07, 6.45) is 0. The maximum Gasteiger partial charge on any atom is 0.250 e. The van der Waals surface area contributed by atoms with Crippen LogP contribution in [0.15, 0.2) is 23.6 Å². The molecule has 1 atom stereocenters. The predicted octanol–water partition coefficient (Wildman–Crippen LogP) is 4.33. The number of hydrogen-bond donors (Lipinski definition) is 1. The van der Waals surface area contributed by atoms with Gasteiger partial charge in [0, 0.05) is 16.0 Å². The van der Waals surface area contributed by atoms with Gasteiger partial charge in [0.25, 0.3) is 5.95 Å². The van der Waals surface area contributed by atoms with Gasteiger partial charge in [-0.1, -0.05) is 23.2 Å². The van der Waals surface area contributed by atoms with Gasteiger partial charge < -0.3 is 0 Å². The number of alkyl halides is 1. The van der Waals surface area contributed by atoms with Gasteiger partial charge in [-0.15, -0.1) is 28.0 Å². The molecule has 1 amide bonds. The second-order valence-corrected chi connectivity index (χ2v) is 6.81. The van der Waals surface area contributed by atoms with E-state index in [2.05, 4.69) is 15.4 Å². The Morgan fingerprint density at radius 1 is 1.41 bits per heavy atom. The van der Waals surface area contributed by atoms with E-state index in [-0.39, 0.29) is 11.9 Å². The Kier molecular flexibility index (Phi) is 4.27. The lowest BCUT2D eigenvalue weighted by molar-refractivity contribution is -0.115. The van der Waals surface area contributed by atoms with Gasteiger partial charge >= 0.3 is 0 Å². The van der Waals surface area contributed by atoms with Crippen LogP contribution in [-0.2, 0) is 4.79 Å². The van der Waals surface area contributed by atoms with E-state index in [4.69, 9.17) is 34.8 Å². The molecule has 22 heavy (non-hydrogen) atoms. The summed E-state index contributed by atoms with van der Waals surface area (Å²) in [6.45, 7) is 1.58. The maximum absolute atomic E-state index is 11.6. The highest BCUT2D eigenvalue weighted by atomic mass is 35.5. The van der Waals surface area contributed by atoms with Crippen molar-refractivity contribution in [2.24, 2.45) is 0 Å². The average Bonchev–Trinajstić information content (AvgIpc) is 2.99. The fraction of sp³-hybridized carbons (Fsp3) is 0.154. The van der Waals surface area contributed by atoms with E-state index in [1.165, 1.54) is 11.3 Å². The van der Waals surface area contributed by atoms with Crippen molar-refractivity contribution >= 4 is 63.0 Å². The first-order chi connectivity index (χ1) is 10.5. The monoisotopic (exact) mass is 374 g/mol. The molecular formula is C13H9Cl3N4OS. The zero-order valence-corrected chi connectivity index (χ0v) is 14.3. The molecule has 0 spiro atoms. The van der Waals surface area contributed by atoms with Crippen molar-refractivity contribution in [1.29, 1.82) is 0 Å². The zero-order valence-electron chi connectivity index (χ0n) is 11.2. The summed E-state index contributed by atoms with van der Waals surface area (Å²) >= 11 is 19.2. The fourth-order valence-corrected chi connectivity index (χ4v) is 3.21. The molecule has 1 N–H and O–H groups in total. The number of carbonyl (C=O) groups is 1. The third-order valence-electron chi connectivity index (χ3n) is 2.88. The Morgan fingerprint density at radius 3 is 2.86 bits per heavy atom. The van der Waals surface area contributed by atoms with Crippen molar-refractivity contribution in [3.8, 4) is 11.3 Å². The van der Waals surface area contributed by atoms with Crippen LogP contribution in [0.1, 0.15) is 6.92 Å². The molecule has 0 aliphatic carbocycles. The van der Waals surface area contributed by atoms with Crippen molar-refractivity contribution < 1.29 is 4.79 Å². The van der Waals surface area contributed by atoms with Gasteiger partial charge in [-0.25, -0.2) is 4.52 Å². The van der Waals surface area contributed by atoms with E-state index in [9.17, 15) is 4.79 Å². The van der Waals surface area contributed by atoms with Crippen LogP contribution in [-0.4, -0.2) is 25.9 Å². The summed E-state index contributed by atoms with van der Waals surface area (Å²) in [5.74, 6) is -0.151. The molecule has 1 unspecified atom stereocenters. The Labute approximate surface area is 144 Å². The van der Waals surface area contributed by atoms with Gasteiger partial charge in [0.1, 0.15) is 5.38 Å². The highest BCUT2D eigenvalue weighted by Crippen LogP contribution is 2.33. The number of anilines is 1. The van der Waals surface area contributed by atoms with Crippen molar-refractivity contribution in [2.75, 3.05) is 5.32 Å². The summed E-state index contributed by atoms with van der Waals surface area (Å²) in [7, 11) is 0. The first-order valence-corrected chi connectivity index (χ1v) is 8.27. The highest BCUT2D eigenvalue weighted by Gasteiger charge is 2.16. The van der Waals surface area contributed by atoms with Gasteiger partial charge in [0.2, 0.25) is 10.9 Å². The number of aromatic nitrogens is 3. The summed E-state index contributed by atoms with van der Waals surface area (Å²) in [6, 6.07) is 5.23. The lowest BCUT2D eigenvalue weighted by atomic mass is 10.2. The lowest BCUT2D eigenvalue weighted by Crippen LogP contribution is -2.21. The third-order valence-corrected chi connectivity index (χ3v) is 4.45. The average molecular weight is 376 g/mol. The molecule has 0 fully saturated rings. The molecule has 0 radical (unpaired) electrons. The minimum absolute atomic E-state index is 0.204. The van der Waals surface area contributed by atoms with E-state index in [0.717, 1.165) is 11.3 Å². The number of halogens is 3. The molecule has 0 aliphatic rings. The second kappa shape index (κ2) is 6.04. The zero-order chi connectivity index (χ0) is 15.9. The molecular weight excluding hydrogens is 367 g/mol. The Bertz CT molecular complexity index is 858. The summed E-state index contributed by atoms with van der Waals surface area (Å²) in [5.41, 5.74) is 1.55. The fourth-order valence-electron chi connectivity index (χ4n) is 1.83. The molecule has 3 rings (SSSR count). The van der Waals surface area contributed by atoms with E-state index < -0.39 is 5.38 Å². The Morgan fingerprint density at radius 2 is 2.18 bits per heavy atom. The van der Waals surface area contributed by atoms with Crippen LogP contribution in [0.2, 0.25) is 10.0 Å². The second-order valence-electron chi connectivity index (χ2n) is 4.48. The number of thiazole rings is 1. The molecule has 0 saturated carbocycles. The number of hydrogen-bond acceptors (Lipinski definition) is 4. The van der Waals surface area contributed by atoms with Crippen LogP contribution in [0.3, 0.4) is 0 Å². The maximum atomic E-state index is 11.6. The first kappa shape index (κ1) is 15.6. The number of amides is 1. The smallest absolute Gasteiger partial charge is 0.250 e.